The largest absolute Gasteiger partial charge is 0.467 e. The first-order chi connectivity index (χ1) is 27.7. The number of piperidine rings is 2. The van der Waals surface area contributed by atoms with E-state index in [0.29, 0.717) is 42.8 Å². The predicted molar refractivity (Wildman–Crippen MR) is 221 cm³/mol. The first-order valence-electron chi connectivity index (χ1n) is 20.0. The van der Waals surface area contributed by atoms with E-state index in [4.69, 9.17) is 9.47 Å². The van der Waals surface area contributed by atoms with Crippen molar-refractivity contribution in [2.24, 2.45) is 10.9 Å². The lowest BCUT2D eigenvalue weighted by Gasteiger charge is -2.40. The fourth-order valence-electron chi connectivity index (χ4n) is 8.10. The van der Waals surface area contributed by atoms with Gasteiger partial charge >= 0.3 is 11.9 Å². The van der Waals surface area contributed by atoms with Crippen molar-refractivity contribution in [2.75, 3.05) is 25.2 Å². The minimum Gasteiger partial charge on any atom is -0.467 e. The van der Waals surface area contributed by atoms with E-state index in [1.807, 2.05) is 60.7 Å². The first-order valence-corrected chi connectivity index (χ1v) is 22.1. The number of rotatable bonds is 12. The molecule has 4 heterocycles. The normalized spacial score (nSPS) is 25.3. The van der Waals surface area contributed by atoms with Crippen molar-refractivity contribution < 1.29 is 38.2 Å². The molecular formula is C43H52N4O8S2. The summed E-state index contributed by atoms with van der Waals surface area (Å²) >= 11 is 3.22. The molecule has 14 heteroatoms. The van der Waals surface area contributed by atoms with Gasteiger partial charge in [0.05, 0.1) is 24.5 Å². The number of amides is 4. The number of thioether (sulfide) groups is 2. The van der Waals surface area contributed by atoms with Gasteiger partial charge in [-0.1, -0.05) is 60.7 Å². The standard InChI is InChI=1S/C43H52N4O8S2/c1-3-55-43(53)35-17-11-19-37-47(35)41(51)33(23-25-57-37)45-39(49)31(27-29-14-8-5-9-15-29)21-20-30(26-28-12-6-4-7-13-28)38(48)44-32-22-24-56-36-18-10-16-34(42(52)54-2)46(36)40(32)50/h4-9,12-15,26,31,33-37H,3,10-11,16-25,27H2,1-2H3,(H,45,49)/b30-26+,44-32?/t31-,33+,34+,35+,36+,37+/m1/s1. The molecule has 4 fully saturated rings. The van der Waals surface area contributed by atoms with Crippen LogP contribution < -0.4 is 5.32 Å². The van der Waals surface area contributed by atoms with Crippen LogP contribution in [0, 0.1) is 5.92 Å². The molecule has 0 saturated carbocycles. The Kier molecular flexibility index (Phi) is 15.0. The van der Waals surface area contributed by atoms with Gasteiger partial charge in [0.1, 0.15) is 23.8 Å². The van der Waals surface area contributed by atoms with Crippen LogP contribution in [0.5, 0.6) is 0 Å². The summed E-state index contributed by atoms with van der Waals surface area (Å²) in [7, 11) is 1.31. The lowest BCUT2D eigenvalue weighted by Crippen LogP contribution is -2.58. The number of hydrogen-bond acceptors (Lipinski definition) is 10. The van der Waals surface area contributed by atoms with Crippen molar-refractivity contribution >= 4 is 70.9 Å². The maximum atomic E-state index is 14.3. The van der Waals surface area contributed by atoms with Crippen LogP contribution >= 0.6 is 23.5 Å². The van der Waals surface area contributed by atoms with E-state index in [9.17, 15) is 28.8 Å². The van der Waals surface area contributed by atoms with E-state index in [1.165, 1.54) is 7.11 Å². The van der Waals surface area contributed by atoms with E-state index in [0.717, 1.165) is 36.8 Å². The number of aliphatic imine (C=N–C) groups is 1. The van der Waals surface area contributed by atoms with Gasteiger partial charge in [-0.05, 0) is 94.1 Å². The summed E-state index contributed by atoms with van der Waals surface area (Å²) in [6, 6.07) is 16.7. The van der Waals surface area contributed by atoms with Crippen LogP contribution in [0.4, 0.5) is 0 Å². The van der Waals surface area contributed by atoms with E-state index in [1.54, 1.807) is 46.3 Å². The number of carbonyl (C=O) groups excluding carboxylic acids is 6. The second kappa shape index (κ2) is 20.3. The van der Waals surface area contributed by atoms with Crippen molar-refractivity contribution in [3.63, 3.8) is 0 Å². The molecule has 6 rings (SSSR count). The van der Waals surface area contributed by atoms with Crippen molar-refractivity contribution in [2.45, 2.75) is 106 Å². The van der Waals surface area contributed by atoms with Crippen LogP contribution in [0.15, 0.2) is 71.2 Å². The van der Waals surface area contributed by atoms with Gasteiger partial charge in [0.25, 0.3) is 11.8 Å². The zero-order valence-corrected chi connectivity index (χ0v) is 34.3. The van der Waals surface area contributed by atoms with E-state index >= 15 is 0 Å². The van der Waals surface area contributed by atoms with Crippen molar-refractivity contribution in [1.29, 1.82) is 0 Å². The number of methoxy groups -OCH3 is 1. The van der Waals surface area contributed by atoms with Crippen molar-refractivity contribution in [1.82, 2.24) is 15.1 Å². The van der Waals surface area contributed by atoms with Crippen LogP contribution in [0.1, 0.15) is 82.3 Å². The third-order valence-corrected chi connectivity index (χ3v) is 13.6. The smallest absolute Gasteiger partial charge is 0.328 e. The molecular weight excluding hydrogens is 765 g/mol. The number of nitrogens with one attached hydrogen (secondary N) is 1. The zero-order valence-electron chi connectivity index (χ0n) is 32.6. The molecule has 1 N–H and O–H groups in total. The molecule has 304 valence electrons. The number of esters is 2. The van der Waals surface area contributed by atoms with Gasteiger partial charge in [-0.2, -0.15) is 0 Å². The molecule has 57 heavy (non-hydrogen) atoms. The molecule has 0 aliphatic carbocycles. The summed E-state index contributed by atoms with van der Waals surface area (Å²) in [5, 5.41) is 2.70. The predicted octanol–water partition coefficient (Wildman–Crippen LogP) is 5.59. The molecule has 0 radical (unpaired) electrons. The van der Waals surface area contributed by atoms with Gasteiger partial charge in [-0.15, -0.1) is 23.5 Å². The van der Waals surface area contributed by atoms with Crippen LogP contribution in [0.3, 0.4) is 0 Å². The molecule has 2 aromatic carbocycles. The lowest BCUT2D eigenvalue weighted by atomic mass is 9.90. The summed E-state index contributed by atoms with van der Waals surface area (Å²) in [6.45, 7) is 1.96. The zero-order chi connectivity index (χ0) is 40.3. The van der Waals surface area contributed by atoms with E-state index in [2.05, 4.69) is 10.3 Å². The average Bonchev–Trinajstić information content (AvgIpc) is 3.49. The second-order valence-corrected chi connectivity index (χ2v) is 17.3. The quantitative estimate of drug-likeness (QED) is 0.212. The Morgan fingerprint density at radius 2 is 1.51 bits per heavy atom. The average molecular weight is 817 g/mol. The summed E-state index contributed by atoms with van der Waals surface area (Å²) in [4.78, 5) is 90.0. The molecule has 0 aromatic heterocycles. The Morgan fingerprint density at radius 3 is 2.19 bits per heavy atom. The number of hydrogen-bond donors (Lipinski definition) is 1. The number of ether oxygens (including phenoxy) is 2. The monoisotopic (exact) mass is 816 g/mol. The van der Waals surface area contributed by atoms with Gasteiger partial charge in [0.15, 0.2) is 0 Å². The molecule has 0 spiro atoms. The van der Waals surface area contributed by atoms with E-state index < -0.39 is 47.8 Å². The number of benzene rings is 2. The Morgan fingerprint density at radius 1 is 0.860 bits per heavy atom. The van der Waals surface area contributed by atoms with Crippen LogP contribution in [0.2, 0.25) is 0 Å². The number of fused-ring (bicyclic) bond motifs is 2. The fourth-order valence-corrected chi connectivity index (χ4v) is 10.8. The molecule has 6 atom stereocenters. The Bertz CT molecular complexity index is 1840. The molecule has 4 aliphatic heterocycles. The van der Waals surface area contributed by atoms with Crippen LogP contribution in [-0.2, 0) is 44.7 Å². The molecule has 12 nitrogen and oxygen atoms in total. The second-order valence-electron chi connectivity index (χ2n) is 14.7. The first kappa shape index (κ1) is 42.2. The molecule has 4 aliphatic rings. The lowest BCUT2D eigenvalue weighted by molar-refractivity contribution is -0.158. The van der Waals surface area contributed by atoms with Gasteiger partial charge < -0.3 is 24.6 Å². The molecule has 2 aromatic rings. The Hall–Kier alpha value is -4.43. The van der Waals surface area contributed by atoms with Crippen LogP contribution in [0.25, 0.3) is 6.08 Å². The summed E-state index contributed by atoms with van der Waals surface area (Å²) in [5.41, 5.74) is 2.13. The summed E-state index contributed by atoms with van der Waals surface area (Å²) in [5.74, 6) is -1.90. The third kappa shape index (κ3) is 10.6. The minimum atomic E-state index is -0.817. The number of carbonyl (C=O) groups is 6. The molecule has 4 saturated heterocycles. The van der Waals surface area contributed by atoms with Gasteiger partial charge in [0.2, 0.25) is 11.8 Å². The Labute approximate surface area is 342 Å². The maximum absolute atomic E-state index is 14.3. The topological polar surface area (TPSA) is 152 Å². The highest BCUT2D eigenvalue weighted by molar-refractivity contribution is 8.00. The minimum absolute atomic E-state index is 0.102. The third-order valence-electron chi connectivity index (χ3n) is 11.0. The number of nitrogens with zero attached hydrogens (tertiary/aromatic N) is 3. The van der Waals surface area contributed by atoms with E-state index in [-0.39, 0.29) is 54.1 Å². The highest BCUT2D eigenvalue weighted by Crippen LogP contribution is 2.36. The SMILES string of the molecule is CCOC(=O)[C@@H]1CCC[C@@H]2SCC[C@H](NC(=O)[C@H](CC/C(=C\c3ccccc3)C(=O)N=C3CCS[C@H]4CCC[C@@H](C(=O)OC)N4C3=O)Cc3ccccc3)C(=O)N21. The van der Waals surface area contributed by atoms with Crippen molar-refractivity contribution in [3.05, 3.63) is 77.4 Å². The van der Waals surface area contributed by atoms with Crippen LogP contribution in [-0.4, -0.2) is 105 Å². The Balaban J connectivity index is 1.25. The maximum Gasteiger partial charge on any atom is 0.328 e. The van der Waals surface area contributed by atoms with Gasteiger partial charge in [0, 0.05) is 23.7 Å². The highest BCUT2D eigenvalue weighted by atomic mass is 32.2. The molecule has 0 bridgehead atoms. The van der Waals surface area contributed by atoms with Gasteiger partial charge in [-0.25, -0.2) is 14.6 Å². The fraction of sp³-hybridized carbons (Fsp3) is 0.512. The molecule has 4 amide bonds. The highest BCUT2D eigenvalue weighted by Gasteiger charge is 2.45. The van der Waals surface area contributed by atoms with Crippen molar-refractivity contribution in [3.8, 4) is 0 Å². The summed E-state index contributed by atoms with van der Waals surface area (Å²) in [6.07, 6.45) is 7.34. The van der Waals surface area contributed by atoms with Gasteiger partial charge in [-0.3, -0.25) is 19.2 Å². The summed E-state index contributed by atoms with van der Waals surface area (Å²) < 4.78 is 10.4. The molecule has 0 unspecified atom stereocenters.